The van der Waals surface area contributed by atoms with E-state index < -0.39 is 0 Å². The molecular formula is C16H14Br4. The molecule has 2 aromatic rings. The van der Waals surface area contributed by atoms with Crippen molar-refractivity contribution in [2.45, 2.75) is 21.3 Å². The lowest BCUT2D eigenvalue weighted by molar-refractivity contribution is 1.28. The van der Waals surface area contributed by atoms with E-state index in [4.69, 9.17) is 0 Å². The van der Waals surface area contributed by atoms with Gasteiger partial charge >= 0.3 is 0 Å². The Morgan fingerprint density at radius 1 is 0.600 bits per heavy atom. The van der Waals surface area contributed by atoms with Crippen LogP contribution >= 0.6 is 63.7 Å². The molecule has 0 bridgehead atoms. The first-order valence-electron chi connectivity index (χ1n) is 6.21. The minimum atomic E-state index is 0.864. The molecule has 0 aromatic heterocycles. The predicted molar refractivity (Wildman–Crippen MR) is 102 cm³/mol. The Labute approximate surface area is 153 Å². The van der Waals surface area contributed by atoms with Crippen molar-refractivity contribution >= 4 is 63.7 Å². The van der Waals surface area contributed by atoms with E-state index in [-0.39, 0.29) is 0 Å². The van der Waals surface area contributed by atoms with E-state index >= 15 is 0 Å². The van der Waals surface area contributed by atoms with Gasteiger partial charge in [0, 0.05) is 21.3 Å². The van der Waals surface area contributed by atoms with E-state index in [1.807, 2.05) is 0 Å². The molecule has 2 aromatic carbocycles. The van der Waals surface area contributed by atoms with Gasteiger partial charge < -0.3 is 0 Å². The molecule has 20 heavy (non-hydrogen) atoms. The first kappa shape index (κ1) is 16.7. The lowest BCUT2D eigenvalue weighted by Gasteiger charge is -2.15. The standard InChI is InChI=1S/C16H14Br4/c17-7-11-1-3-13(4-2-11)16-14(9-19)5-12(8-18)6-15(16)10-20/h1-6H,7-10H2. The van der Waals surface area contributed by atoms with Crippen molar-refractivity contribution in [3.63, 3.8) is 0 Å². The van der Waals surface area contributed by atoms with Crippen LogP contribution in [0.2, 0.25) is 0 Å². The number of alkyl halides is 4. The minimum Gasteiger partial charge on any atom is -0.0876 e. The minimum absolute atomic E-state index is 0.864. The zero-order valence-electron chi connectivity index (χ0n) is 10.8. The molecule has 0 fully saturated rings. The third kappa shape index (κ3) is 3.76. The highest BCUT2D eigenvalue weighted by molar-refractivity contribution is 9.09. The third-order valence-electron chi connectivity index (χ3n) is 3.20. The molecule has 0 saturated carbocycles. The summed E-state index contributed by atoms with van der Waals surface area (Å²) >= 11 is 14.3. The Morgan fingerprint density at radius 2 is 1.10 bits per heavy atom. The number of rotatable bonds is 5. The fourth-order valence-corrected chi connectivity index (χ4v) is 3.84. The molecule has 0 N–H and O–H groups in total. The molecule has 0 spiro atoms. The van der Waals surface area contributed by atoms with E-state index in [1.54, 1.807) is 0 Å². The molecule has 4 heteroatoms. The van der Waals surface area contributed by atoms with Crippen LogP contribution in [-0.4, -0.2) is 0 Å². The molecule has 106 valence electrons. The van der Waals surface area contributed by atoms with Crippen LogP contribution in [0.3, 0.4) is 0 Å². The second-order valence-electron chi connectivity index (χ2n) is 4.52. The van der Waals surface area contributed by atoms with Crippen molar-refractivity contribution in [2.75, 3.05) is 0 Å². The van der Waals surface area contributed by atoms with Crippen LogP contribution in [0.4, 0.5) is 0 Å². The van der Waals surface area contributed by atoms with Crippen LogP contribution in [0.15, 0.2) is 36.4 Å². The van der Waals surface area contributed by atoms with Gasteiger partial charge in [-0.1, -0.05) is 100 Å². The number of hydrogen-bond donors (Lipinski definition) is 0. The van der Waals surface area contributed by atoms with Gasteiger partial charge in [-0.2, -0.15) is 0 Å². The largest absolute Gasteiger partial charge is 0.0876 e. The molecule has 2 rings (SSSR count). The lowest BCUT2D eigenvalue weighted by atomic mass is 9.93. The van der Waals surface area contributed by atoms with Crippen LogP contribution in [-0.2, 0) is 21.3 Å². The molecule has 0 amide bonds. The van der Waals surface area contributed by atoms with Gasteiger partial charge in [-0.25, -0.2) is 0 Å². The van der Waals surface area contributed by atoms with Gasteiger partial charge in [0.2, 0.25) is 0 Å². The van der Waals surface area contributed by atoms with Gasteiger partial charge in [-0.15, -0.1) is 0 Å². The van der Waals surface area contributed by atoms with Gasteiger partial charge in [0.15, 0.2) is 0 Å². The fourth-order valence-electron chi connectivity index (χ4n) is 2.26. The Kier molecular flexibility index (Phi) is 6.79. The second kappa shape index (κ2) is 8.11. The molecule has 0 aliphatic carbocycles. The van der Waals surface area contributed by atoms with Crippen LogP contribution in [0, 0.1) is 0 Å². The predicted octanol–water partition coefficient (Wildman–Crippen LogP) is 6.93. The van der Waals surface area contributed by atoms with E-state index in [0.717, 1.165) is 21.3 Å². The second-order valence-corrected chi connectivity index (χ2v) is 6.76. The summed E-state index contributed by atoms with van der Waals surface area (Å²) in [5.74, 6) is 0. The van der Waals surface area contributed by atoms with Crippen molar-refractivity contribution in [2.24, 2.45) is 0 Å². The van der Waals surface area contributed by atoms with Crippen molar-refractivity contribution in [1.82, 2.24) is 0 Å². The topological polar surface area (TPSA) is 0 Å². The third-order valence-corrected chi connectivity index (χ3v) is 5.70. The van der Waals surface area contributed by atoms with Crippen LogP contribution in [0.5, 0.6) is 0 Å². The number of halogens is 4. The Hall–Kier alpha value is 0.360. The zero-order chi connectivity index (χ0) is 14.5. The first-order chi connectivity index (χ1) is 9.73. The molecule has 0 aliphatic rings. The quantitative estimate of drug-likeness (QED) is 0.371. The smallest absolute Gasteiger partial charge is 0.0289 e. The van der Waals surface area contributed by atoms with E-state index in [1.165, 1.54) is 33.4 Å². The van der Waals surface area contributed by atoms with Gasteiger partial charge in [0.05, 0.1) is 0 Å². The van der Waals surface area contributed by atoms with Gasteiger partial charge in [0.1, 0.15) is 0 Å². The molecule has 0 nitrogen and oxygen atoms in total. The summed E-state index contributed by atoms with van der Waals surface area (Å²) in [4.78, 5) is 0. The summed E-state index contributed by atoms with van der Waals surface area (Å²) in [5, 5.41) is 3.51. The Balaban J connectivity index is 2.57. The van der Waals surface area contributed by atoms with Gasteiger partial charge in [-0.05, 0) is 33.4 Å². The molecule has 0 radical (unpaired) electrons. The lowest BCUT2D eigenvalue weighted by Crippen LogP contribution is -1.96. The summed E-state index contributed by atoms with van der Waals surface area (Å²) < 4.78 is 0. The molecule has 0 unspecified atom stereocenters. The van der Waals surface area contributed by atoms with Crippen molar-refractivity contribution in [1.29, 1.82) is 0 Å². The molecule has 0 aliphatic heterocycles. The van der Waals surface area contributed by atoms with Crippen LogP contribution in [0.25, 0.3) is 11.1 Å². The average molecular weight is 526 g/mol. The summed E-state index contributed by atoms with van der Waals surface area (Å²) in [7, 11) is 0. The first-order valence-corrected chi connectivity index (χ1v) is 10.7. The number of hydrogen-bond acceptors (Lipinski definition) is 0. The summed E-state index contributed by atoms with van der Waals surface area (Å²) in [6, 6.07) is 13.3. The van der Waals surface area contributed by atoms with Gasteiger partial charge in [0.25, 0.3) is 0 Å². The van der Waals surface area contributed by atoms with Crippen molar-refractivity contribution in [3.05, 3.63) is 58.7 Å². The van der Waals surface area contributed by atoms with Crippen LogP contribution in [0.1, 0.15) is 22.3 Å². The Morgan fingerprint density at radius 3 is 1.50 bits per heavy atom. The number of benzene rings is 2. The average Bonchev–Trinajstić information content (AvgIpc) is 2.53. The highest BCUT2D eigenvalue weighted by atomic mass is 79.9. The normalized spacial score (nSPS) is 10.8. The zero-order valence-corrected chi connectivity index (χ0v) is 17.1. The summed E-state index contributed by atoms with van der Waals surface area (Å²) in [6.45, 7) is 0. The molecular weight excluding hydrogens is 512 g/mol. The van der Waals surface area contributed by atoms with E-state index in [2.05, 4.69) is 100 Å². The maximum Gasteiger partial charge on any atom is 0.0289 e. The molecule has 0 saturated heterocycles. The van der Waals surface area contributed by atoms with Gasteiger partial charge in [-0.3, -0.25) is 0 Å². The maximum atomic E-state index is 3.62. The maximum absolute atomic E-state index is 3.62. The van der Waals surface area contributed by atoms with E-state index in [0.29, 0.717) is 0 Å². The monoisotopic (exact) mass is 522 g/mol. The molecule has 0 heterocycles. The summed E-state index contributed by atoms with van der Waals surface area (Å²) in [5.41, 5.74) is 7.90. The summed E-state index contributed by atoms with van der Waals surface area (Å²) in [6.07, 6.45) is 0. The highest BCUT2D eigenvalue weighted by Gasteiger charge is 2.11. The molecule has 0 atom stereocenters. The van der Waals surface area contributed by atoms with Crippen molar-refractivity contribution < 1.29 is 0 Å². The van der Waals surface area contributed by atoms with E-state index in [9.17, 15) is 0 Å². The SMILES string of the molecule is BrCc1ccc(-c2c(CBr)cc(CBr)cc2CBr)cc1. The van der Waals surface area contributed by atoms with Crippen molar-refractivity contribution in [3.8, 4) is 11.1 Å². The van der Waals surface area contributed by atoms with Crippen LogP contribution < -0.4 is 0 Å². The fraction of sp³-hybridized carbons (Fsp3) is 0.250. The highest BCUT2D eigenvalue weighted by Crippen LogP contribution is 2.33. The Bertz CT molecular complexity index is 551.